The first-order valence-corrected chi connectivity index (χ1v) is 37.9. The number of fused-ring (bicyclic) bond motifs is 17. The molecule has 0 unspecified atom stereocenters. The molecule has 6 nitrogen and oxygen atoms in total. The topological polar surface area (TPSA) is 42.6 Å². The van der Waals surface area contributed by atoms with Crippen LogP contribution in [0.5, 0.6) is 0 Å². The highest BCUT2D eigenvalue weighted by Crippen LogP contribution is 2.54. The van der Waals surface area contributed by atoms with E-state index in [-0.39, 0.29) is 28.4 Å². The molecular formula is C100H83BN4O2. The number of hydrogen-bond donors (Lipinski definition) is 0. The summed E-state index contributed by atoms with van der Waals surface area (Å²) in [6.45, 7) is 27.7. The molecule has 2 aliphatic rings. The van der Waals surface area contributed by atoms with Gasteiger partial charge in [-0.3, -0.25) is 0 Å². The first-order valence-electron chi connectivity index (χ1n) is 37.9. The second-order valence-corrected chi connectivity index (χ2v) is 34.1. The molecule has 0 fully saturated rings. The Hall–Kier alpha value is -12.1. The fourth-order valence-electron chi connectivity index (χ4n) is 17.8. The molecule has 2 aliphatic heterocycles. The average molecular weight is 1380 g/mol. The van der Waals surface area contributed by atoms with E-state index in [0.717, 1.165) is 134 Å². The third-order valence-corrected chi connectivity index (χ3v) is 23.3. The Morgan fingerprint density at radius 1 is 0.262 bits per heavy atom. The molecular weight excluding hydrogens is 1300 g/mol. The molecule has 4 aromatic heterocycles. The maximum absolute atomic E-state index is 7.43. The Balaban J connectivity index is 0.952. The van der Waals surface area contributed by atoms with Gasteiger partial charge in [0.1, 0.15) is 22.3 Å². The van der Waals surface area contributed by atoms with Gasteiger partial charge in [-0.15, -0.1) is 0 Å². The van der Waals surface area contributed by atoms with Crippen LogP contribution in [0.3, 0.4) is 0 Å². The Kier molecular flexibility index (Phi) is 14.0. The molecule has 6 heterocycles. The summed E-state index contributed by atoms with van der Waals surface area (Å²) in [5, 5.41) is 9.16. The van der Waals surface area contributed by atoms with Crippen LogP contribution < -0.4 is 26.2 Å². The molecule has 7 heteroatoms. The number of nitrogens with zero attached hydrogens (tertiary/aromatic N) is 4. The summed E-state index contributed by atoms with van der Waals surface area (Å²) in [5.41, 5.74) is 31.7. The zero-order valence-electron chi connectivity index (χ0n) is 62.8. The first kappa shape index (κ1) is 64.5. The number of anilines is 6. The molecule has 0 saturated carbocycles. The van der Waals surface area contributed by atoms with Crippen LogP contribution in [-0.2, 0) is 21.7 Å². The van der Waals surface area contributed by atoms with Crippen LogP contribution in [0, 0.1) is 0 Å². The van der Waals surface area contributed by atoms with Crippen molar-refractivity contribution in [3.8, 4) is 44.8 Å². The number of hydrogen-bond acceptors (Lipinski definition) is 4. The van der Waals surface area contributed by atoms with E-state index in [1.165, 1.54) is 71.2 Å². The van der Waals surface area contributed by atoms with E-state index >= 15 is 0 Å². The van der Waals surface area contributed by atoms with Crippen LogP contribution in [0.4, 0.5) is 34.1 Å². The van der Waals surface area contributed by atoms with Gasteiger partial charge in [-0.25, -0.2) is 0 Å². The second kappa shape index (κ2) is 23.2. The monoisotopic (exact) mass is 1380 g/mol. The van der Waals surface area contributed by atoms with Gasteiger partial charge in [-0.1, -0.05) is 253 Å². The van der Waals surface area contributed by atoms with Gasteiger partial charge in [0, 0.05) is 93.9 Å². The standard InChI is InChI=1S/C100H83BN4O2/c1-97(2,3)63-38-46-82(74(54-63)60-26-15-13-16-27-60)104-86-58-67(102-80-35-22-19-30-70(80)71-31-20-23-36-81(71)102)42-44-78(86)101-79-45-43-68(103-84-48-40-65(99(7,8)9)56-76(84)77-57-66(100(10,11)12)41-49-85(77)103)59-87(79)105(83-47-39-64(98(4,5)6)55-75(83)61-28-17-14-18-29-61)89-53-62(52-88(104)95(89)101)69-33-25-34-73-94-92(107-96(69)73)51-50-91-93(94)72-32-21-24-37-90(72)106-91/h13-59H,1-12H3. The number of aromatic nitrogens is 2. The van der Waals surface area contributed by atoms with Crippen LogP contribution in [0.25, 0.3) is 132 Å². The second-order valence-electron chi connectivity index (χ2n) is 34.1. The van der Waals surface area contributed by atoms with Gasteiger partial charge in [0.15, 0.2) is 0 Å². The third kappa shape index (κ3) is 9.99. The van der Waals surface area contributed by atoms with Crippen molar-refractivity contribution in [2.75, 3.05) is 9.80 Å². The van der Waals surface area contributed by atoms with Crippen molar-refractivity contribution in [2.45, 2.75) is 105 Å². The average Bonchev–Trinajstić information content (AvgIpc) is 1.13. The minimum atomic E-state index is -0.262. The van der Waals surface area contributed by atoms with Crippen LogP contribution in [0.2, 0.25) is 0 Å². The SMILES string of the molecule is CC(C)(C)c1ccc(N2c3cc(-n4c5ccccc5c5ccccc54)ccc3B3c4ccc(-n5c6ccc(C(C)(C)C)cc6c6cc(C(C)(C)C)ccc65)cc4N(c4ccc(C(C)(C)C)cc4-c4ccccc4)c4cc(-c5cccc6c5oc5ccc7oc8ccccc8c7c56)cc2c43)c(-c2ccccc2)c1. The number of furan rings is 2. The largest absolute Gasteiger partial charge is 0.456 e. The normalized spacial score (nSPS) is 13.4. The molecule has 0 radical (unpaired) electrons. The van der Waals surface area contributed by atoms with Crippen LogP contribution in [0.15, 0.2) is 294 Å². The van der Waals surface area contributed by atoms with Crippen LogP contribution in [-0.4, -0.2) is 15.8 Å². The van der Waals surface area contributed by atoms with Gasteiger partial charge in [0.05, 0.1) is 33.4 Å². The van der Waals surface area contributed by atoms with E-state index in [0.29, 0.717) is 0 Å². The molecule has 0 aliphatic carbocycles. The van der Waals surface area contributed by atoms with E-state index in [1.54, 1.807) is 0 Å². The van der Waals surface area contributed by atoms with Gasteiger partial charge < -0.3 is 27.8 Å². The smallest absolute Gasteiger partial charge is 0.252 e. The quantitative estimate of drug-likeness (QED) is 0.149. The van der Waals surface area contributed by atoms with E-state index < -0.39 is 0 Å². The minimum absolute atomic E-state index is 0.0626. The number of para-hydroxylation sites is 4. The lowest BCUT2D eigenvalue weighted by atomic mass is 9.33. The highest BCUT2D eigenvalue weighted by Gasteiger charge is 2.46. The molecule has 0 N–H and O–H groups in total. The number of rotatable bonds is 7. The summed E-state index contributed by atoms with van der Waals surface area (Å²) in [5.74, 6) is 0. The molecule has 14 aromatic carbocycles. The van der Waals surface area contributed by atoms with Crippen LogP contribution in [0.1, 0.15) is 105 Å². The van der Waals surface area contributed by atoms with E-state index in [9.17, 15) is 0 Å². The highest BCUT2D eigenvalue weighted by molar-refractivity contribution is 7.00. The molecule has 20 rings (SSSR count). The van der Waals surface area contributed by atoms with Crippen molar-refractivity contribution in [1.82, 2.24) is 9.13 Å². The molecule has 0 saturated heterocycles. The maximum Gasteiger partial charge on any atom is 0.252 e. The lowest BCUT2D eigenvalue weighted by Crippen LogP contribution is -2.61. The summed E-state index contributed by atoms with van der Waals surface area (Å²) in [6, 6.07) is 108. The highest BCUT2D eigenvalue weighted by atomic mass is 16.3. The van der Waals surface area contributed by atoms with Crippen molar-refractivity contribution >= 4 is 145 Å². The molecule has 18 aromatic rings. The fraction of sp³-hybridized carbons (Fsp3) is 0.160. The molecule has 0 bridgehead atoms. The predicted molar refractivity (Wildman–Crippen MR) is 455 cm³/mol. The van der Waals surface area contributed by atoms with Gasteiger partial charge in [-0.05, 0) is 192 Å². The van der Waals surface area contributed by atoms with E-state index in [2.05, 4.69) is 387 Å². The summed E-state index contributed by atoms with van der Waals surface area (Å²) >= 11 is 0. The molecule has 107 heavy (non-hydrogen) atoms. The van der Waals surface area contributed by atoms with Crippen molar-refractivity contribution < 1.29 is 8.83 Å². The molecule has 518 valence electrons. The Bertz CT molecular complexity index is 6630. The zero-order valence-corrected chi connectivity index (χ0v) is 62.8. The van der Waals surface area contributed by atoms with Crippen LogP contribution >= 0.6 is 0 Å². The molecule has 0 spiro atoms. The molecule has 0 atom stereocenters. The zero-order chi connectivity index (χ0) is 72.9. The maximum atomic E-state index is 7.43. The van der Waals surface area contributed by atoms with E-state index in [1.807, 2.05) is 0 Å². The van der Waals surface area contributed by atoms with Crippen molar-refractivity contribution in [2.24, 2.45) is 0 Å². The van der Waals surface area contributed by atoms with Crippen molar-refractivity contribution in [1.29, 1.82) is 0 Å². The van der Waals surface area contributed by atoms with Gasteiger partial charge in [-0.2, -0.15) is 0 Å². The van der Waals surface area contributed by atoms with Gasteiger partial charge in [0.2, 0.25) is 0 Å². The first-order chi connectivity index (χ1) is 51.6. The lowest BCUT2D eigenvalue weighted by Gasteiger charge is -2.45. The predicted octanol–water partition coefficient (Wildman–Crippen LogP) is 26.0. The summed E-state index contributed by atoms with van der Waals surface area (Å²) < 4.78 is 19.1. The Morgan fingerprint density at radius 3 is 1.17 bits per heavy atom. The van der Waals surface area contributed by atoms with Gasteiger partial charge in [0.25, 0.3) is 6.71 Å². The molecule has 0 amide bonds. The Morgan fingerprint density at radius 2 is 0.673 bits per heavy atom. The lowest BCUT2D eigenvalue weighted by molar-refractivity contribution is 0.590. The summed E-state index contributed by atoms with van der Waals surface area (Å²) in [7, 11) is 0. The van der Waals surface area contributed by atoms with Crippen molar-refractivity contribution in [3.05, 3.63) is 307 Å². The van der Waals surface area contributed by atoms with E-state index in [4.69, 9.17) is 8.83 Å². The van der Waals surface area contributed by atoms with Gasteiger partial charge >= 0.3 is 0 Å². The third-order valence-electron chi connectivity index (χ3n) is 23.3. The van der Waals surface area contributed by atoms with Crippen molar-refractivity contribution in [3.63, 3.8) is 0 Å². The summed E-state index contributed by atoms with van der Waals surface area (Å²) in [6.07, 6.45) is 0. The summed E-state index contributed by atoms with van der Waals surface area (Å²) in [4.78, 5) is 5.31. The minimum Gasteiger partial charge on any atom is -0.456 e. The fourth-order valence-corrected chi connectivity index (χ4v) is 17.8. The number of benzene rings is 14. The Labute approximate surface area is 625 Å².